The third-order valence-corrected chi connectivity index (χ3v) is 7.89. The number of piperazine rings is 1. The number of carbonyl (C=O) groups is 1. The van der Waals surface area contributed by atoms with Crippen molar-refractivity contribution < 1.29 is 14.5 Å². The Bertz CT molecular complexity index is 1580. The molecule has 1 aliphatic heterocycles. The molecule has 2 aromatic carbocycles. The third-order valence-electron chi connectivity index (χ3n) is 7.00. The number of nitrogens with zero attached hydrogens (tertiary/aromatic N) is 3. The standard InChI is InChI=1S/C28H31ClN6O4S/c1-17-12-20(34-8-10-35(11-9-34)24(37)16-40(2)39)14-22-26(17)33-27(32-22)25-21(6-7-30-28(25)38)31-15-23(36)18-4-3-5-19(29)13-18/h3-7,12-14,23,36H,8-11,15-16H2,1-2H3,(H,32,33)(H2,30,31,38)/t23-,40?/m0/s1. The van der Waals surface area contributed by atoms with Gasteiger partial charge in [0.15, 0.2) is 5.75 Å². The number of fused-ring (bicyclic) bond motifs is 1. The van der Waals surface area contributed by atoms with Gasteiger partial charge in [-0.25, -0.2) is 4.98 Å². The Morgan fingerprint density at radius 3 is 2.73 bits per heavy atom. The number of nitrogens with one attached hydrogen (secondary N) is 3. The van der Waals surface area contributed by atoms with E-state index >= 15 is 0 Å². The second-order valence-corrected chi connectivity index (χ2v) is 11.7. The summed E-state index contributed by atoms with van der Waals surface area (Å²) in [6.07, 6.45) is 2.26. The molecule has 5 rings (SSSR count). The van der Waals surface area contributed by atoms with Crippen molar-refractivity contribution in [3.8, 4) is 11.4 Å². The van der Waals surface area contributed by atoms with Crippen LogP contribution < -0.4 is 15.8 Å². The summed E-state index contributed by atoms with van der Waals surface area (Å²) in [6.45, 7) is 4.60. The number of aromatic nitrogens is 3. The van der Waals surface area contributed by atoms with Gasteiger partial charge in [0.2, 0.25) is 0 Å². The van der Waals surface area contributed by atoms with Crippen LogP contribution in [0, 0.1) is 6.92 Å². The number of hydrogen-bond donors (Lipinski definition) is 4. The lowest BCUT2D eigenvalue weighted by molar-refractivity contribution is -0.128. The van der Waals surface area contributed by atoms with Gasteiger partial charge in [-0.3, -0.25) is 9.59 Å². The zero-order valence-corrected chi connectivity index (χ0v) is 23.8. The summed E-state index contributed by atoms with van der Waals surface area (Å²) in [4.78, 5) is 40.0. The van der Waals surface area contributed by atoms with E-state index in [1.807, 2.05) is 13.0 Å². The smallest absolute Gasteiger partial charge is 0.272 e. The first-order chi connectivity index (χ1) is 19.2. The number of aromatic amines is 2. The number of benzene rings is 2. The third kappa shape index (κ3) is 6.12. The lowest BCUT2D eigenvalue weighted by Crippen LogP contribution is -2.50. The molecule has 3 heterocycles. The molecule has 4 N–H and O–H groups in total. The van der Waals surface area contributed by atoms with Crippen molar-refractivity contribution in [2.45, 2.75) is 13.0 Å². The van der Waals surface area contributed by atoms with Gasteiger partial charge in [-0.15, -0.1) is 0 Å². The van der Waals surface area contributed by atoms with Crippen molar-refractivity contribution in [3.05, 3.63) is 75.2 Å². The van der Waals surface area contributed by atoms with Gasteiger partial charge in [-0.2, -0.15) is 0 Å². The van der Waals surface area contributed by atoms with Gasteiger partial charge >= 0.3 is 0 Å². The Balaban J connectivity index is 1.36. The van der Waals surface area contributed by atoms with Gasteiger partial charge in [0.25, 0.3) is 11.5 Å². The summed E-state index contributed by atoms with van der Waals surface area (Å²) >= 11 is 4.91. The highest BCUT2D eigenvalue weighted by Gasteiger charge is 2.24. The highest BCUT2D eigenvalue weighted by Crippen LogP contribution is 2.30. The average molecular weight is 583 g/mol. The van der Waals surface area contributed by atoms with Crippen LogP contribution in [0.5, 0.6) is 0 Å². The number of H-pyrrole nitrogens is 2. The van der Waals surface area contributed by atoms with Crippen LogP contribution in [0.4, 0.5) is 11.4 Å². The molecule has 0 spiro atoms. The van der Waals surface area contributed by atoms with Crippen LogP contribution in [0.2, 0.25) is 5.02 Å². The Morgan fingerprint density at radius 2 is 2.00 bits per heavy atom. The molecule has 2 atom stereocenters. The van der Waals surface area contributed by atoms with Crippen molar-refractivity contribution in [3.63, 3.8) is 0 Å². The number of pyridine rings is 1. The van der Waals surface area contributed by atoms with Crippen LogP contribution in [0.1, 0.15) is 17.2 Å². The maximum Gasteiger partial charge on any atom is 0.272 e. The fourth-order valence-corrected chi connectivity index (χ4v) is 5.68. The molecule has 12 heteroatoms. The van der Waals surface area contributed by atoms with E-state index in [2.05, 4.69) is 26.3 Å². The van der Waals surface area contributed by atoms with Crippen molar-refractivity contribution >= 4 is 51.1 Å². The monoisotopic (exact) mass is 582 g/mol. The van der Waals surface area contributed by atoms with Crippen molar-refractivity contribution in [2.75, 3.05) is 54.9 Å². The first-order valence-electron chi connectivity index (χ1n) is 12.9. The lowest BCUT2D eigenvalue weighted by atomic mass is 10.1. The molecule has 1 saturated heterocycles. The number of hydrogen-bond acceptors (Lipinski definition) is 7. The van der Waals surface area contributed by atoms with Crippen molar-refractivity contribution in [1.29, 1.82) is 0 Å². The van der Waals surface area contributed by atoms with E-state index in [1.165, 1.54) is 6.26 Å². The number of aryl methyl sites for hydroxylation is 1. The van der Waals surface area contributed by atoms with E-state index in [4.69, 9.17) is 16.6 Å². The number of anilines is 2. The minimum absolute atomic E-state index is 0.0526. The number of aliphatic hydroxyl groups is 1. The van der Waals surface area contributed by atoms with Crippen molar-refractivity contribution in [1.82, 2.24) is 19.9 Å². The molecular weight excluding hydrogens is 552 g/mol. The van der Waals surface area contributed by atoms with E-state index < -0.39 is 17.3 Å². The highest BCUT2D eigenvalue weighted by molar-refractivity contribution is 7.91. The van der Waals surface area contributed by atoms with E-state index in [-0.39, 0.29) is 23.8 Å². The number of rotatable bonds is 8. The molecule has 40 heavy (non-hydrogen) atoms. The lowest BCUT2D eigenvalue weighted by Gasteiger charge is -2.36. The van der Waals surface area contributed by atoms with Gasteiger partial charge in [0, 0.05) is 49.6 Å². The molecule has 210 valence electrons. The van der Waals surface area contributed by atoms with Crippen LogP contribution >= 0.6 is 11.6 Å². The van der Waals surface area contributed by atoms with Gasteiger partial charge in [0.05, 0.1) is 29.1 Å². The normalized spacial score (nSPS) is 15.3. The summed E-state index contributed by atoms with van der Waals surface area (Å²) < 4.78 is 11.4. The largest absolute Gasteiger partial charge is 0.616 e. The van der Waals surface area contributed by atoms with Crippen LogP contribution in [-0.4, -0.2) is 80.2 Å². The predicted octanol–water partition coefficient (Wildman–Crippen LogP) is 3.05. The van der Waals surface area contributed by atoms with Gasteiger partial charge in [-0.1, -0.05) is 23.7 Å². The number of imidazole rings is 1. The topological polar surface area (TPSA) is 140 Å². The molecule has 4 aromatic rings. The van der Waals surface area contributed by atoms with Gasteiger partial charge in [-0.05, 0) is 59.6 Å². The Morgan fingerprint density at radius 1 is 1.23 bits per heavy atom. The summed E-state index contributed by atoms with van der Waals surface area (Å²) in [5.74, 6) is 0.388. The summed E-state index contributed by atoms with van der Waals surface area (Å²) in [5.41, 5.74) is 4.74. The molecule has 10 nitrogen and oxygen atoms in total. The molecule has 2 aromatic heterocycles. The van der Waals surface area contributed by atoms with Gasteiger partial charge in [0.1, 0.15) is 11.4 Å². The van der Waals surface area contributed by atoms with Crippen LogP contribution in [-0.2, 0) is 16.0 Å². The molecule has 0 bridgehead atoms. The van der Waals surface area contributed by atoms with E-state index in [0.29, 0.717) is 53.8 Å². The molecule has 1 amide bonds. The predicted molar refractivity (Wildman–Crippen MR) is 160 cm³/mol. The van der Waals surface area contributed by atoms with Crippen molar-refractivity contribution in [2.24, 2.45) is 0 Å². The number of halogens is 1. The summed E-state index contributed by atoms with van der Waals surface area (Å²) in [6, 6.07) is 12.8. The Kier molecular flexibility index (Phi) is 8.36. The fraction of sp³-hybridized carbons (Fsp3) is 0.321. The van der Waals surface area contributed by atoms with E-state index in [9.17, 15) is 19.2 Å². The Hall–Kier alpha value is -3.51. The molecule has 1 fully saturated rings. The fourth-order valence-electron chi connectivity index (χ4n) is 4.95. The maximum absolute atomic E-state index is 12.9. The molecule has 1 unspecified atom stereocenters. The minimum atomic E-state index is -1.15. The second kappa shape index (κ2) is 11.9. The van der Waals surface area contributed by atoms with E-state index in [0.717, 1.165) is 22.3 Å². The number of aliphatic hydroxyl groups excluding tert-OH is 1. The van der Waals surface area contributed by atoms with Crippen LogP contribution in [0.15, 0.2) is 53.5 Å². The quantitative estimate of drug-likeness (QED) is 0.234. The molecule has 0 saturated carbocycles. The first kappa shape index (κ1) is 28.0. The van der Waals surface area contributed by atoms with Crippen LogP contribution in [0.3, 0.4) is 0 Å². The average Bonchev–Trinajstić information content (AvgIpc) is 3.36. The van der Waals surface area contributed by atoms with Gasteiger partial charge < -0.3 is 34.7 Å². The highest BCUT2D eigenvalue weighted by atomic mass is 35.5. The zero-order chi connectivity index (χ0) is 28.4. The number of carbonyl (C=O) groups excluding carboxylic acids is 1. The zero-order valence-electron chi connectivity index (χ0n) is 22.2. The second-order valence-electron chi connectivity index (χ2n) is 9.88. The van der Waals surface area contributed by atoms with E-state index in [1.54, 1.807) is 41.4 Å². The Labute approximate surface area is 239 Å². The summed E-state index contributed by atoms with van der Waals surface area (Å²) in [5, 5.41) is 14.4. The number of amides is 1. The molecule has 0 radical (unpaired) electrons. The SMILES string of the molecule is Cc1cc(N2CCN(C(=O)C[S+](C)[O-])CC2)cc2[nH]c(-c3c(NC[C@H](O)c4cccc(Cl)c4)cc[nH]c3=O)nc12. The molecule has 0 aliphatic carbocycles. The molecule has 1 aliphatic rings. The maximum atomic E-state index is 12.9. The molecular formula is C28H31ClN6O4S. The minimum Gasteiger partial charge on any atom is -0.616 e. The first-order valence-corrected chi connectivity index (χ1v) is 15.0. The van der Waals surface area contributed by atoms with Crippen LogP contribution in [0.25, 0.3) is 22.4 Å². The summed E-state index contributed by atoms with van der Waals surface area (Å²) in [7, 11) is 0.